The van der Waals surface area contributed by atoms with Crippen molar-refractivity contribution in [3.63, 3.8) is 0 Å². The first-order valence-electron chi connectivity index (χ1n) is 8.18. The van der Waals surface area contributed by atoms with E-state index in [2.05, 4.69) is 22.1 Å². The second-order valence-corrected chi connectivity index (χ2v) is 6.20. The Morgan fingerprint density at radius 1 is 0.760 bits per heavy atom. The van der Waals surface area contributed by atoms with Crippen LogP contribution < -0.4 is 0 Å². The minimum Gasteiger partial charge on any atom is -0.354 e. The predicted octanol–water partition coefficient (Wildman–Crippen LogP) is 5.10. The standard InChI is InChI=1S/C22H14N2O/c25-22(14-4-2-1-3-5-14)16-6-7-20-18(10-16)19-11-17-13-23-9-8-15(17)12-21(19)24-20/h1-13,24H. The highest BCUT2D eigenvalue weighted by Gasteiger charge is 2.12. The van der Waals surface area contributed by atoms with Gasteiger partial charge in [0.2, 0.25) is 0 Å². The molecule has 3 aromatic carbocycles. The largest absolute Gasteiger partial charge is 0.354 e. The zero-order valence-corrected chi connectivity index (χ0v) is 13.4. The van der Waals surface area contributed by atoms with Gasteiger partial charge >= 0.3 is 0 Å². The first kappa shape index (κ1) is 13.9. The number of carbonyl (C=O) groups is 1. The highest BCUT2D eigenvalue weighted by Crippen LogP contribution is 2.30. The van der Waals surface area contributed by atoms with E-state index in [0.29, 0.717) is 11.1 Å². The van der Waals surface area contributed by atoms with Crippen LogP contribution in [0.3, 0.4) is 0 Å². The minimum absolute atomic E-state index is 0.0410. The normalized spacial score (nSPS) is 11.4. The number of aromatic amines is 1. The monoisotopic (exact) mass is 322 g/mol. The summed E-state index contributed by atoms with van der Waals surface area (Å²) in [5.74, 6) is 0.0410. The number of nitrogens with zero attached hydrogens (tertiary/aromatic N) is 1. The maximum atomic E-state index is 12.7. The number of fused-ring (bicyclic) bond motifs is 4. The van der Waals surface area contributed by atoms with Crippen LogP contribution in [0.2, 0.25) is 0 Å². The molecule has 2 heterocycles. The van der Waals surface area contributed by atoms with Gasteiger partial charge in [-0.1, -0.05) is 30.3 Å². The van der Waals surface area contributed by atoms with Crippen LogP contribution >= 0.6 is 0 Å². The molecule has 3 heteroatoms. The van der Waals surface area contributed by atoms with Crippen molar-refractivity contribution in [2.24, 2.45) is 0 Å². The topological polar surface area (TPSA) is 45.8 Å². The van der Waals surface area contributed by atoms with E-state index in [1.165, 1.54) is 0 Å². The zero-order chi connectivity index (χ0) is 16.8. The van der Waals surface area contributed by atoms with Gasteiger partial charge in [-0.15, -0.1) is 0 Å². The number of hydrogen-bond acceptors (Lipinski definition) is 2. The van der Waals surface area contributed by atoms with Crippen LogP contribution in [0.1, 0.15) is 15.9 Å². The molecule has 0 spiro atoms. The highest BCUT2D eigenvalue weighted by atomic mass is 16.1. The van der Waals surface area contributed by atoms with Crippen molar-refractivity contribution in [1.29, 1.82) is 0 Å². The Labute approximate surface area is 143 Å². The van der Waals surface area contributed by atoms with E-state index >= 15 is 0 Å². The molecule has 0 aliphatic heterocycles. The second-order valence-electron chi connectivity index (χ2n) is 6.20. The van der Waals surface area contributed by atoms with Gasteiger partial charge in [0.1, 0.15) is 0 Å². The van der Waals surface area contributed by atoms with Gasteiger partial charge in [0, 0.05) is 50.7 Å². The third-order valence-electron chi connectivity index (χ3n) is 4.65. The Balaban J connectivity index is 1.74. The third kappa shape index (κ3) is 2.21. The molecular formula is C22H14N2O. The van der Waals surface area contributed by atoms with Crippen LogP contribution in [-0.4, -0.2) is 15.8 Å². The van der Waals surface area contributed by atoms with Gasteiger partial charge in [-0.3, -0.25) is 9.78 Å². The molecule has 118 valence electrons. The zero-order valence-electron chi connectivity index (χ0n) is 13.4. The van der Waals surface area contributed by atoms with E-state index in [1.54, 1.807) is 6.20 Å². The highest BCUT2D eigenvalue weighted by molar-refractivity contribution is 6.16. The molecule has 0 saturated carbocycles. The fraction of sp³-hybridized carbons (Fsp3) is 0. The Hall–Kier alpha value is -3.46. The lowest BCUT2D eigenvalue weighted by Crippen LogP contribution is -2.00. The molecule has 0 saturated heterocycles. The third-order valence-corrected chi connectivity index (χ3v) is 4.65. The van der Waals surface area contributed by atoms with Crippen LogP contribution in [0.4, 0.5) is 0 Å². The van der Waals surface area contributed by atoms with Gasteiger partial charge in [-0.2, -0.15) is 0 Å². The molecule has 1 N–H and O–H groups in total. The Morgan fingerprint density at radius 2 is 1.60 bits per heavy atom. The van der Waals surface area contributed by atoms with Crippen molar-refractivity contribution in [1.82, 2.24) is 9.97 Å². The predicted molar refractivity (Wildman–Crippen MR) is 101 cm³/mol. The van der Waals surface area contributed by atoms with Crippen LogP contribution in [0, 0.1) is 0 Å². The average Bonchev–Trinajstić information content (AvgIpc) is 3.03. The number of hydrogen-bond donors (Lipinski definition) is 1. The number of benzene rings is 3. The summed E-state index contributed by atoms with van der Waals surface area (Å²) >= 11 is 0. The summed E-state index contributed by atoms with van der Waals surface area (Å²) in [4.78, 5) is 20.4. The van der Waals surface area contributed by atoms with Gasteiger partial charge < -0.3 is 4.98 Å². The summed E-state index contributed by atoms with van der Waals surface area (Å²) in [7, 11) is 0. The van der Waals surface area contributed by atoms with Crippen LogP contribution in [0.15, 0.2) is 79.1 Å². The number of rotatable bonds is 2. The molecule has 3 nitrogen and oxygen atoms in total. The quantitative estimate of drug-likeness (QED) is 0.460. The average molecular weight is 322 g/mol. The summed E-state index contributed by atoms with van der Waals surface area (Å²) in [6.07, 6.45) is 3.67. The molecular weight excluding hydrogens is 308 g/mol. The van der Waals surface area contributed by atoms with E-state index in [0.717, 1.165) is 32.6 Å². The van der Waals surface area contributed by atoms with E-state index in [4.69, 9.17) is 0 Å². The lowest BCUT2D eigenvalue weighted by molar-refractivity contribution is 0.103. The maximum absolute atomic E-state index is 12.7. The minimum atomic E-state index is 0.0410. The number of carbonyl (C=O) groups excluding carboxylic acids is 1. The second kappa shape index (κ2) is 5.28. The summed E-state index contributed by atoms with van der Waals surface area (Å²) in [6, 6.07) is 21.5. The van der Waals surface area contributed by atoms with E-state index < -0.39 is 0 Å². The molecule has 0 fully saturated rings. The van der Waals surface area contributed by atoms with Crippen LogP contribution in [0.25, 0.3) is 32.6 Å². The number of H-pyrrole nitrogens is 1. The fourth-order valence-electron chi connectivity index (χ4n) is 3.38. The number of aromatic nitrogens is 2. The van der Waals surface area contributed by atoms with Crippen LogP contribution in [-0.2, 0) is 0 Å². The molecule has 5 rings (SSSR count). The lowest BCUT2D eigenvalue weighted by Gasteiger charge is -2.02. The Morgan fingerprint density at radius 3 is 2.48 bits per heavy atom. The van der Waals surface area contributed by atoms with Crippen molar-refractivity contribution in [2.75, 3.05) is 0 Å². The molecule has 0 bridgehead atoms. The smallest absolute Gasteiger partial charge is 0.193 e. The lowest BCUT2D eigenvalue weighted by atomic mass is 10.0. The first-order chi connectivity index (χ1) is 12.3. The van der Waals surface area contributed by atoms with Crippen molar-refractivity contribution in [2.45, 2.75) is 0 Å². The molecule has 0 aliphatic rings. The molecule has 5 aromatic rings. The SMILES string of the molecule is O=C(c1ccccc1)c1ccc2[nH]c3cc4ccncc4cc3c2c1. The van der Waals surface area contributed by atoms with Gasteiger partial charge in [-0.25, -0.2) is 0 Å². The van der Waals surface area contributed by atoms with Crippen molar-refractivity contribution in [3.05, 3.63) is 90.3 Å². The molecule has 0 aliphatic carbocycles. The van der Waals surface area contributed by atoms with Crippen molar-refractivity contribution >= 4 is 38.4 Å². The number of pyridine rings is 1. The summed E-state index contributed by atoms with van der Waals surface area (Å²) in [5, 5.41) is 4.41. The summed E-state index contributed by atoms with van der Waals surface area (Å²) in [6.45, 7) is 0. The van der Waals surface area contributed by atoms with Crippen molar-refractivity contribution < 1.29 is 4.79 Å². The molecule has 0 amide bonds. The molecule has 0 unspecified atom stereocenters. The summed E-state index contributed by atoms with van der Waals surface area (Å²) < 4.78 is 0. The van der Waals surface area contributed by atoms with E-state index in [9.17, 15) is 4.79 Å². The van der Waals surface area contributed by atoms with E-state index in [1.807, 2.05) is 60.8 Å². The number of ketones is 1. The molecule has 2 aromatic heterocycles. The maximum Gasteiger partial charge on any atom is 0.193 e. The van der Waals surface area contributed by atoms with Crippen LogP contribution in [0.5, 0.6) is 0 Å². The summed E-state index contributed by atoms with van der Waals surface area (Å²) in [5.41, 5.74) is 3.50. The van der Waals surface area contributed by atoms with Gasteiger partial charge in [0.25, 0.3) is 0 Å². The molecule has 25 heavy (non-hydrogen) atoms. The Bertz CT molecular complexity index is 1250. The van der Waals surface area contributed by atoms with Crippen molar-refractivity contribution in [3.8, 4) is 0 Å². The first-order valence-corrected chi connectivity index (χ1v) is 8.18. The van der Waals surface area contributed by atoms with Gasteiger partial charge in [0.15, 0.2) is 5.78 Å². The van der Waals surface area contributed by atoms with E-state index in [-0.39, 0.29) is 5.78 Å². The van der Waals surface area contributed by atoms with Gasteiger partial charge in [0.05, 0.1) is 0 Å². The number of nitrogens with one attached hydrogen (secondary N) is 1. The Kier molecular flexibility index (Phi) is 2.94. The molecule has 0 atom stereocenters. The van der Waals surface area contributed by atoms with Gasteiger partial charge in [-0.05, 0) is 41.8 Å². The molecule has 0 radical (unpaired) electrons. The fourth-order valence-corrected chi connectivity index (χ4v) is 3.38.